The number of aromatic nitrogens is 2. The average Bonchev–Trinajstić information content (AvgIpc) is 3.02. The first kappa shape index (κ1) is 12.2. The number of nitrogens with one attached hydrogen (secondary N) is 1. The Morgan fingerprint density at radius 2 is 2.06 bits per heavy atom. The van der Waals surface area contributed by atoms with Crippen LogP contribution in [0, 0.1) is 18.8 Å². The van der Waals surface area contributed by atoms with Crippen molar-refractivity contribution in [2.45, 2.75) is 44.9 Å². The molecule has 2 atom stereocenters. The third-order valence-corrected chi connectivity index (χ3v) is 5.21. The molecule has 2 unspecified atom stereocenters. The van der Waals surface area contributed by atoms with Crippen LogP contribution in [0.1, 0.15) is 49.3 Å². The molecule has 1 saturated carbocycles. The Balaban J connectivity index is 1.85. The van der Waals surface area contributed by atoms with E-state index in [0.717, 1.165) is 17.8 Å². The van der Waals surface area contributed by atoms with Gasteiger partial charge in [-0.15, -0.1) is 0 Å². The summed E-state index contributed by atoms with van der Waals surface area (Å²) in [5.74, 6) is 2.52. The van der Waals surface area contributed by atoms with Crippen LogP contribution in [-0.2, 0) is 7.05 Å². The summed E-state index contributed by atoms with van der Waals surface area (Å²) < 4.78 is 2.03. The minimum atomic E-state index is 0.739. The highest BCUT2D eigenvalue weighted by atomic mass is 15.3. The molecule has 1 N–H and O–H groups in total. The van der Waals surface area contributed by atoms with E-state index < -0.39 is 0 Å². The number of rotatable bonds is 2. The molecule has 0 spiro atoms. The molecule has 2 fully saturated rings. The van der Waals surface area contributed by atoms with Crippen LogP contribution in [0.4, 0.5) is 0 Å². The van der Waals surface area contributed by atoms with E-state index in [1.807, 2.05) is 4.68 Å². The summed E-state index contributed by atoms with van der Waals surface area (Å²) in [6.07, 6.45) is 9.19. The first-order valence-electron chi connectivity index (χ1n) is 7.46. The van der Waals surface area contributed by atoms with Gasteiger partial charge in [-0.25, -0.2) is 0 Å². The lowest BCUT2D eigenvalue weighted by atomic mass is 9.74. The second-order valence-electron chi connectivity index (χ2n) is 6.12. The molecule has 1 aliphatic heterocycles. The summed E-state index contributed by atoms with van der Waals surface area (Å²) >= 11 is 0. The van der Waals surface area contributed by atoms with Crippen LogP contribution in [0.3, 0.4) is 0 Å². The summed E-state index contributed by atoms with van der Waals surface area (Å²) in [5, 5.41) is 8.06. The van der Waals surface area contributed by atoms with Crippen molar-refractivity contribution in [3.8, 4) is 0 Å². The average molecular weight is 247 g/mol. The van der Waals surface area contributed by atoms with Gasteiger partial charge in [0.15, 0.2) is 0 Å². The van der Waals surface area contributed by atoms with E-state index in [-0.39, 0.29) is 0 Å². The highest BCUT2D eigenvalue weighted by Crippen LogP contribution is 2.42. The van der Waals surface area contributed by atoms with Gasteiger partial charge in [-0.1, -0.05) is 25.7 Å². The van der Waals surface area contributed by atoms with Crippen LogP contribution in [0.15, 0.2) is 6.20 Å². The fourth-order valence-corrected chi connectivity index (χ4v) is 4.03. The van der Waals surface area contributed by atoms with Gasteiger partial charge < -0.3 is 5.32 Å². The maximum absolute atomic E-state index is 4.45. The highest BCUT2D eigenvalue weighted by Gasteiger charge is 2.35. The predicted molar refractivity (Wildman–Crippen MR) is 73.6 cm³/mol. The molecule has 18 heavy (non-hydrogen) atoms. The fraction of sp³-hybridized carbons (Fsp3) is 0.800. The molecule has 0 amide bonds. The van der Waals surface area contributed by atoms with Crippen molar-refractivity contribution in [1.29, 1.82) is 0 Å². The summed E-state index contributed by atoms with van der Waals surface area (Å²) in [6, 6.07) is 0. The monoisotopic (exact) mass is 247 g/mol. The first-order chi connectivity index (χ1) is 8.77. The van der Waals surface area contributed by atoms with E-state index >= 15 is 0 Å². The molecular weight excluding hydrogens is 222 g/mol. The van der Waals surface area contributed by atoms with Crippen molar-refractivity contribution in [3.63, 3.8) is 0 Å². The molecular formula is C15H25N3. The molecule has 2 heterocycles. The van der Waals surface area contributed by atoms with Gasteiger partial charge in [-0.3, -0.25) is 4.68 Å². The van der Waals surface area contributed by atoms with Crippen LogP contribution in [-0.4, -0.2) is 22.9 Å². The maximum atomic E-state index is 4.45. The smallest absolute Gasteiger partial charge is 0.0527 e. The molecule has 3 rings (SSSR count). The Labute approximate surface area is 110 Å². The second-order valence-corrected chi connectivity index (χ2v) is 6.12. The molecule has 1 aromatic rings. The number of piperidine rings is 1. The molecule has 0 bridgehead atoms. The summed E-state index contributed by atoms with van der Waals surface area (Å²) in [5.41, 5.74) is 2.88. The first-order valence-corrected chi connectivity index (χ1v) is 7.46. The van der Waals surface area contributed by atoms with Gasteiger partial charge in [0.1, 0.15) is 0 Å². The zero-order valence-electron chi connectivity index (χ0n) is 11.7. The number of aryl methyl sites for hydroxylation is 1. The van der Waals surface area contributed by atoms with Crippen LogP contribution < -0.4 is 5.32 Å². The Bertz CT molecular complexity index is 404. The topological polar surface area (TPSA) is 29.9 Å². The molecule has 1 aliphatic carbocycles. The molecule has 3 nitrogen and oxygen atoms in total. The Morgan fingerprint density at radius 1 is 1.28 bits per heavy atom. The molecule has 2 aliphatic rings. The van der Waals surface area contributed by atoms with E-state index in [9.17, 15) is 0 Å². The third-order valence-electron chi connectivity index (χ3n) is 5.21. The summed E-state index contributed by atoms with van der Waals surface area (Å²) in [7, 11) is 2.06. The number of nitrogens with zero attached hydrogens (tertiary/aromatic N) is 2. The molecule has 1 saturated heterocycles. The number of hydrogen-bond acceptors (Lipinski definition) is 2. The van der Waals surface area contributed by atoms with E-state index in [1.165, 1.54) is 56.5 Å². The van der Waals surface area contributed by atoms with E-state index in [0.29, 0.717) is 0 Å². The molecule has 0 aromatic carbocycles. The van der Waals surface area contributed by atoms with Crippen LogP contribution in [0.5, 0.6) is 0 Å². The van der Waals surface area contributed by atoms with E-state index in [1.54, 1.807) is 0 Å². The van der Waals surface area contributed by atoms with Crippen molar-refractivity contribution in [2.75, 3.05) is 13.1 Å². The Hall–Kier alpha value is -0.830. The zero-order chi connectivity index (χ0) is 12.5. The van der Waals surface area contributed by atoms with Gasteiger partial charge in [0.05, 0.1) is 6.20 Å². The quantitative estimate of drug-likeness (QED) is 0.870. The standard InChI is InChI=1S/C15H25N3/c1-11-14(10-17-18(11)2)13-7-8-16-9-15(13)12-5-3-4-6-12/h10,12-13,15-16H,3-9H2,1-2H3. The van der Waals surface area contributed by atoms with Crippen molar-refractivity contribution < 1.29 is 0 Å². The second kappa shape index (κ2) is 5.04. The Kier molecular flexibility index (Phi) is 3.42. The third kappa shape index (κ3) is 2.09. The lowest BCUT2D eigenvalue weighted by molar-refractivity contribution is 0.230. The zero-order valence-corrected chi connectivity index (χ0v) is 11.7. The normalized spacial score (nSPS) is 29.9. The largest absolute Gasteiger partial charge is 0.316 e. The highest BCUT2D eigenvalue weighted by molar-refractivity contribution is 5.23. The van der Waals surface area contributed by atoms with Crippen molar-refractivity contribution in [3.05, 3.63) is 17.5 Å². The minimum Gasteiger partial charge on any atom is -0.316 e. The van der Waals surface area contributed by atoms with Gasteiger partial charge in [0.2, 0.25) is 0 Å². The van der Waals surface area contributed by atoms with Gasteiger partial charge in [-0.2, -0.15) is 5.10 Å². The Morgan fingerprint density at radius 3 is 2.72 bits per heavy atom. The van der Waals surface area contributed by atoms with Crippen molar-refractivity contribution in [2.24, 2.45) is 18.9 Å². The predicted octanol–water partition coefficient (Wildman–Crippen LogP) is 2.61. The van der Waals surface area contributed by atoms with E-state index in [4.69, 9.17) is 0 Å². The van der Waals surface area contributed by atoms with Gasteiger partial charge in [0.25, 0.3) is 0 Å². The minimum absolute atomic E-state index is 0.739. The SMILES string of the molecule is Cc1c(C2CCNCC2C2CCCC2)cnn1C. The lowest BCUT2D eigenvalue weighted by Gasteiger charge is -2.36. The van der Waals surface area contributed by atoms with Crippen LogP contribution >= 0.6 is 0 Å². The molecule has 3 heteroatoms. The lowest BCUT2D eigenvalue weighted by Crippen LogP contribution is -2.39. The van der Waals surface area contributed by atoms with Crippen molar-refractivity contribution >= 4 is 0 Å². The van der Waals surface area contributed by atoms with Crippen LogP contribution in [0.2, 0.25) is 0 Å². The van der Waals surface area contributed by atoms with Gasteiger partial charge >= 0.3 is 0 Å². The summed E-state index contributed by atoms with van der Waals surface area (Å²) in [6.45, 7) is 4.60. The van der Waals surface area contributed by atoms with E-state index in [2.05, 4.69) is 30.6 Å². The van der Waals surface area contributed by atoms with Gasteiger partial charge in [-0.05, 0) is 49.8 Å². The van der Waals surface area contributed by atoms with Crippen LogP contribution in [0.25, 0.3) is 0 Å². The molecule has 100 valence electrons. The maximum Gasteiger partial charge on any atom is 0.0527 e. The molecule has 0 radical (unpaired) electrons. The van der Waals surface area contributed by atoms with Gasteiger partial charge in [0, 0.05) is 12.7 Å². The summed E-state index contributed by atoms with van der Waals surface area (Å²) in [4.78, 5) is 0. The fourth-order valence-electron chi connectivity index (χ4n) is 4.03. The number of hydrogen-bond donors (Lipinski definition) is 1. The molecule has 1 aromatic heterocycles. The van der Waals surface area contributed by atoms with Crippen molar-refractivity contribution in [1.82, 2.24) is 15.1 Å².